The zero-order chi connectivity index (χ0) is 19.8. The van der Waals surface area contributed by atoms with Crippen LogP contribution in [0.5, 0.6) is 11.5 Å². The Balaban J connectivity index is 2.16. The van der Waals surface area contributed by atoms with Gasteiger partial charge in [0, 0.05) is 17.4 Å². The van der Waals surface area contributed by atoms with Gasteiger partial charge in [0.25, 0.3) is 0 Å². The molecule has 0 spiro atoms. The average molecular weight is 388 g/mol. The van der Waals surface area contributed by atoms with Crippen LogP contribution in [-0.4, -0.2) is 37.6 Å². The van der Waals surface area contributed by atoms with Gasteiger partial charge in [0.2, 0.25) is 0 Å². The lowest BCUT2D eigenvalue weighted by molar-refractivity contribution is -0.144. The number of nitriles is 1. The van der Waals surface area contributed by atoms with Gasteiger partial charge in [-0.1, -0.05) is 0 Å². The molecule has 0 N–H and O–H groups in total. The molecule has 1 aromatic carbocycles. The van der Waals surface area contributed by atoms with E-state index in [0.717, 1.165) is 5.56 Å². The number of thiazole rings is 1. The summed E-state index contributed by atoms with van der Waals surface area (Å²) in [7, 11) is 3.10. The first-order chi connectivity index (χ1) is 13.0. The van der Waals surface area contributed by atoms with E-state index in [1.165, 1.54) is 11.3 Å². The van der Waals surface area contributed by atoms with E-state index in [4.69, 9.17) is 14.2 Å². The van der Waals surface area contributed by atoms with Crippen LogP contribution in [0.25, 0.3) is 11.3 Å². The van der Waals surface area contributed by atoms with Gasteiger partial charge in [0.05, 0.1) is 39.0 Å². The minimum Gasteiger partial charge on any atom is -0.493 e. The summed E-state index contributed by atoms with van der Waals surface area (Å²) >= 11 is 1.23. The number of esters is 1. The number of ketones is 1. The molecule has 0 saturated heterocycles. The first kappa shape index (κ1) is 20.4. The van der Waals surface area contributed by atoms with Crippen molar-refractivity contribution >= 4 is 23.1 Å². The third kappa shape index (κ3) is 5.05. The molecule has 8 heteroatoms. The first-order valence-corrected chi connectivity index (χ1v) is 9.17. The van der Waals surface area contributed by atoms with E-state index >= 15 is 0 Å². The monoisotopic (exact) mass is 388 g/mol. The van der Waals surface area contributed by atoms with Crippen molar-refractivity contribution < 1.29 is 23.8 Å². The standard InChI is InChI=1S/C19H20N2O5S/c1-4-26-18(23)8-6-15(22)13(10-20)19-21-14(11-27-19)12-5-7-16(24-2)17(9-12)25-3/h5,7,9,11,13H,4,6,8H2,1-3H3/t13-/m0/s1. The van der Waals surface area contributed by atoms with Gasteiger partial charge in [-0.3, -0.25) is 9.59 Å². The van der Waals surface area contributed by atoms with E-state index in [2.05, 4.69) is 4.98 Å². The van der Waals surface area contributed by atoms with Gasteiger partial charge in [0.1, 0.15) is 5.01 Å². The molecule has 0 unspecified atom stereocenters. The van der Waals surface area contributed by atoms with E-state index < -0.39 is 11.9 Å². The molecular weight excluding hydrogens is 368 g/mol. The van der Waals surface area contributed by atoms with Crippen LogP contribution in [0.15, 0.2) is 23.6 Å². The molecule has 2 aromatic rings. The number of nitrogens with zero attached hydrogens (tertiary/aromatic N) is 2. The Labute approximate surface area is 161 Å². The quantitative estimate of drug-likeness (QED) is 0.608. The molecular formula is C19H20N2O5S. The number of hydrogen-bond acceptors (Lipinski definition) is 8. The SMILES string of the molecule is CCOC(=O)CCC(=O)[C@H](C#N)c1nc(-c2ccc(OC)c(OC)c2)cs1. The molecule has 2 rings (SSSR count). The predicted octanol–water partition coefficient (Wildman–Crippen LogP) is 3.35. The molecule has 0 radical (unpaired) electrons. The smallest absolute Gasteiger partial charge is 0.306 e. The highest BCUT2D eigenvalue weighted by Gasteiger charge is 2.24. The number of benzene rings is 1. The maximum absolute atomic E-state index is 12.3. The maximum atomic E-state index is 12.3. The number of carbonyl (C=O) groups is 2. The summed E-state index contributed by atoms with van der Waals surface area (Å²) in [4.78, 5) is 28.1. The second kappa shape index (κ2) is 9.69. The Morgan fingerprint density at radius 3 is 2.59 bits per heavy atom. The maximum Gasteiger partial charge on any atom is 0.306 e. The molecule has 0 aliphatic rings. The normalized spacial score (nSPS) is 11.3. The van der Waals surface area contributed by atoms with E-state index in [1.54, 1.807) is 38.7 Å². The molecule has 1 atom stereocenters. The lowest BCUT2D eigenvalue weighted by atomic mass is 10.0. The van der Waals surface area contributed by atoms with Crippen molar-refractivity contribution in [2.45, 2.75) is 25.7 Å². The van der Waals surface area contributed by atoms with Crippen molar-refractivity contribution in [1.82, 2.24) is 4.98 Å². The Bertz CT molecular complexity index is 856. The average Bonchev–Trinajstić information content (AvgIpc) is 3.16. The van der Waals surface area contributed by atoms with Gasteiger partial charge in [-0.25, -0.2) is 4.98 Å². The zero-order valence-corrected chi connectivity index (χ0v) is 16.2. The minimum absolute atomic E-state index is 0.0429. The lowest BCUT2D eigenvalue weighted by Gasteiger charge is -2.08. The fourth-order valence-corrected chi connectivity index (χ4v) is 3.31. The third-order valence-electron chi connectivity index (χ3n) is 3.78. The first-order valence-electron chi connectivity index (χ1n) is 8.29. The highest BCUT2D eigenvalue weighted by Crippen LogP contribution is 2.34. The summed E-state index contributed by atoms with van der Waals surface area (Å²) < 4.78 is 15.3. The van der Waals surface area contributed by atoms with Crippen LogP contribution >= 0.6 is 11.3 Å². The number of rotatable bonds is 9. The lowest BCUT2D eigenvalue weighted by Crippen LogP contribution is -2.13. The van der Waals surface area contributed by atoms with Gasteiger partial charge in [-0.2, -0.15) is 5.26 Å². The van der Waals surface area contributed by atoms with Crippen LogP contribution in [0.2, 0.25) is 0 Å². The van der Waals surface area contributed by atoms with Crippen LogP contribution < -0.4 is 9.47 Å². The largest absolute Gasteiger partial charge is 0.493 e. The van der Waals surface area contributed by atoms with Gasteiger partial charge in [-0.05, 0) is 25.1 Å². The molecule has 0 aliphatic heterocycles. The van der Waals surface area contributed by atoms with Crippen LogP contribution in [0.3, 0.4) is 0 Å². The Morgan fingerprint density at radius 1 is 1.22 bits per heavy atom. The van der Waals surface area contributed by atoms with Crippen molar-refractivity contribution in [3.05, 3.63) is 28.6 Å². The van der Waals surface area contributed by atoms with E-state index in [9.17, 15) is 14.9 Å². The van der Waals surface area contributed by atoms with E-state index in [0.29, 0.717) is 22.2 Å². The highest BCUT2D eigenvalue weighted by molar-refractivity contribution is 7.10. The topological polar surface area (TPSA) is 98.5 Å². The minimum atomic E-state index is -1.00. The number of Topliss-reactive ketones (excluding diaryl/α,β-unsaturated/α-hetero) is 1. The summed E-state index contributed by atoms with van der Waals surface area (Å²) in [5, 5.41) is 11.6. The van der Waals surface area contributed by atoms with Crippen LogP contribution in [0, 0.1) is 11.3 Å². The van der Waals surface area contributed by atoms with Crippen LogP contribution in [0.1, 0.15) is 30.7 Å². The van der Waals surface area contributed by atoms with Crippen molar-refractivity contribution in [2.75, 3.05) is 20.8 Å². The van der Waals surface area contributed by atoms with Crippen molar-refractivity contribution in [2.24, 2.45) is 0 Å². The molecule has 1 heterocycles. The highest BCUT2D eigenvalue weighted by atomic mass is 32.1. The molecule has 7 nitrogen and oxygen atoms in total. The van der Waals surface area contributed by atoms with Crippen molar-refractivity contribution in [3.8, 4) is 28.8 Å². The van der Waals surface area contributed by atoms with Crippen molar-refractivity contribution in [3.63, 3.8) is 0 Å². The summed E-state index contributed by atoms with van der Waals surface area (Å²) in [5.41, 5.74) is 1.42. The van der Waals surface area contributed by atoms with E-state index in [1.807, 2.05) is 12.1 Å². The predicted molar refractivity (Wildman–Crippen MR) is 99.9 cm³/mol. The summed E-state index contributed by atoms with van der Waals surface area (Å²) in [6.07, 6.45) is -0.0961. The molecule has 0 fully saturated rings. The molecule has 0 aliphatic carbocycles. The number of carbonyl (C=O) groups excluding carboxylic acids is 2. The van der Waals surface area contributed by atoms with Gasteiger partial charge < -0.3 is 14.2 Å². The molecule has 0 amide bonds. The molecule has 142 valence electrons. The summed E-state index contributed by atoms with van der Waals surface area (Å²) in [6, 6.07) is 7.35. The number of ether oxygens (including phenoxy) is 3. The molecule has 0 saturated carbocycles. The van der Waals surface area contributed by atoms with Crippen molar-refractivity contribution in [1.29, 1.82) is 5.26 Å². The van der Waals surface area contributed by atoms with Gasteiger partial charge in [-0.15, -0.1) is 11.3 Å². The fraction of sp³-hybridized carbons (Fsp3) is 0.368. The van der Waals surface area contributed by atoms with Gasteiger partial charge >= 0.3 is 5.97 Å². The molecule has 0 bridgehead atoms. The number of methoxy groups -OCH3 is 2. The Kier molecular flexibility index (Phi) is 7.32. The second-order valence-corrected chi connectivity index (χ2v) is 6.36. The number of hydrogen-bond donors (Lipinski definition) is 0. The van der Waals surface area contributed by atoms with Crippen LogP contribution in [0.4, 0.5) is 0 Å². The van der Waals surface area contributed by atoms with Gasteiger partial charge in [0.15, 0.2) is 23.2 Å². The zero-order valence-electron chi connectivity index (χ0n) is 15.4. The second-order valence-electron chi connectivity index (χ2n) is 5.47. The fourth-order valence-electron chi connectivity index (χ4n) is 2.42. The Hall–Kier alpha value is -2.92. The summed E-state index contributed by atoms with van der Waals surface area (Å²) in [6.45, 7) is 1.96. The number of aromatic nitrogens is 1. The van der Waals surface area contributed by atoms with Crippen LogP contribution in [-0.2, 0) is 14.3 Å². The van der Waals surface area contributed by atoms with E-state index in [-0.39, 0.29) is 25.2 Å². The molecule has 1 aromatic heterocycles. The molecule has 27 heavy (non-hydrogen) atoms. The summed E-state index contributed by atoms with van der Waals surface area (Å²) in [5.74, 6) is -0.641. The Morgan fingerprint density at radius 2 is 1.96 bits per heavy atom. The third-order valence-corrected chi connectivity index (χ3v) is 4.69.